The van der Waals surface area contributed by atoms with Crippen LogP contribution in [-0.2, 0) is 14.3 Å². The van der Waals surface area contributed by atoms with Crippen molar-refractivity contribution in [3.63, 3.8) is 0 Å². The Bertz CT molecular complexity index is 712. The van der Waals surface area contributed by atoms with Crippen LogP contribution in [0.4, 0.5) is 0 Å². The van der Waals surface area contributed by atoms with Gasteiger partial charge in [0.1, 0.15) is 0 Å². The van der Waals surface area contributed by atoms with Crippen molar-refractivity contribution in [3.8, 4) is 0 Å². The van der Waals surface area contributed by atoms with Gasteiger partial charge < -0.3 is 15.0 Å². The number of carbonyl (C=O) groups excluding carboxylic acids is 3. The number of nitrogens with one attached hydrogen (secondary N) is 1. The van der Waals surface area contributed by atoms with Gasteiger partial charge >= 0.3 is 5.97 Å². The minimum Gasteiger partial charge on any atom is -0.452 e. The summed E-state index contributed by atoms with van der Waals surface area (Å²) in [5.74, 6) is 0.243. The van der Waals surface area contributed by atoms with Gasteiger partial charge in [0, 0.05) is 19.1 Å². The molecular formula is C22H32N2O4S. The van der Waals surface area contributed by atoms with E-state index in [4.69, 9.17) is 4.74 Å². The van der Waals surface area contributed by atoms with E-state index in [0.29, 0.717) is 37.8 Å². The predicted octanol–water partition coefficient (Wildman–Crippen LogP) is 3.47. The van der Waals surface area contributed by atoms with Crippen LogP contribution in [0.2, 0.25) is 0 Å². The minimum absolute atomic E-state index is 0.0235. The fraction of sp³-hybridized carbons (Fsp3) is 0.682. The van der Waals surface area contributed by atoms with Gasteiger partial charge in [-0.05, 0) is 49.5 Å². The molecule has 1 N–H and O–H groups in total. The molecule has 1 aliphatic heterocycles. The first-order chi connectivity index (χ1) is 13.9. The summed E-state index contributed by atoms with van der Waals surface area (Å²) in [7, 11) is 0. The standard InChI is InChI=1S/C22H32N2O4S/c1-14-6-4-7-18(15(14)2)23-20(25)16(3)28-22(27)17-9-11-24(12-10-17)21(26)19-8-5-13-29-19/h5,8,13-18H,4,6-7,9-12H2,1-3H3,(H,23,25)/t14-,15-,16-,18-/m1/s1. The van der Waals surface area contributed by atoms with Gasteiger partial charge in [-0.1, -0.05) is 32.8 Å². The van der Waals surface area contributed by atoms with Crippen LogP contribution in [0.3, 0.4) is 0 Å². The van der Waals surface area contributed by atoms with Gasteiger partial charge in [-0.15, -0.1) is 11.3 Å². The average Bonchev–Trinajstić information content (AvgIpc) is 3.25. The Morgan fingerprint density at radius 3 is 2.55 bits per heavy atom. The number of thiophene rings is 1. The molecule has 3 rings (SSSR count). The second-order valence-electron chi connectivity index (χ2n) is 8.51. The number of piperidine rings is 1. The summed E-state index contributed by atoms with van der Waals surface area (Å²) in [6, 6.07) is 3.84. The Labute approximate surface area is 177 Å². The first-order valence-corrected chi connectivity index (χ1v) is 11.6. The summed E-state index contributed by atoms with van der Waals surface area (Å²) in [5.41, 5.74) is 0. The van der Waals surface area contributed by atoms with Crippen molar-refractivity contribution in [3.05, 3.63) is 22.4 Å². The number of hydrogen-bond donors (Lipinski definition) is 1. The Morgan fingerprint density at radius 1 is 1.17 bits per heavy atom. The van der Waals surface area contributed by atoms with E-state index in [-0.39, 0.29) is 29.7 Å². The third-order valence-corrected chi connectivity index (χ3v) is 7.40. The Balaban J connectivity index is 1.44. The topological polar surface area (TPSA) is 75.7 Å². The molecule has 1 aliphatic carbocycles. The molecule has 2 aliphatic rings. The van der Waals surface area contributed by atoms with Gasteiger partial charge in [0.05, 0.1) is 10.8 Å². The molecule has 2 amide bonds. The molecule has 0 unspecified atom stereocenters. The first kappa shape index (κ1) is 21.8. The van der Waals surface area contributed by atoms with Crippen LogP contribution >= 0.6 is 11.3 Å². The van der Waals surface area contributed by atoms with E-state index in [9.17, 15) is 14.4 Å². The number of nitrogens with zero attached hydrogens (tertiary/aromatic N) is 1. The van der Waals surface area contributed by atoms with Crippen LogP contribution in [-0.4, -0.2) is 47.9 Å². The van der Waals surface area contributed by atoms with Crippen LogP contribution in [0.1, 0.15) is 62.5 Å². The van der Waals surface area contributed by atoms with Gasteiger partial charge in [-0.25, -0.2) is 0 Å². The highest BCUT2D eigenvalue weighted by Gasteiger charge is 2.33. The smallest absolute Gasteiger partial charge is 0.309 e. The summed E-state index contributed by atoms with van der Waals surface area (Å²) in [6.07, 6.45) is 3.65. The maximum absolute atomic E-state index is 12.5. The molecular weight excluding hydrogens is 388 g/mol. The Morgan fingerprint density at radius 2 is 1.90 bits per heavy atom. The summed E-state index contributed by atoms with van der Waals surface area (Å²) in [6.45, 7) is 7.11. The van der Waals surface area contributed by atoms with Crippen molar-refractivity contribution in [1.29, 1.82) is 0 Å². The van der Waals surface area contributed by atoms with E-state index in [1.807, 2.05) is 17.5 Å². The van der Waals surface area contributed by atoms with E-state index in [2.05, 4.69) is 19.2 Å². The summed E-state index contributed by atoms with van der Waals surface area (Å²) in [4.78, 5) is 40.0. The van der Waals surface area contributed by atoms with Crippen molar-refractivity contribution >= 4 is 29.1 Å². The number of ether oxygens (including phenoxy) is 1. The first-order valence-electron chi connectivity index (χ1n) is 10.7. The lowest BCUT2D eigenvalue weighted by Gasteiger charge is -2.35. The molecule has 0 spiro atoms. The van der Waals surface area contributed by atoms with Crippen LogP contribution in [0, 0.1) is 17.8 Å². The Kier molecular flexibility index (Phi) is 7.33. The molecule has 29 heavy (non-hydrogen) atoms. The number of carbonyl (C=O) groups is 3. The zero-order valence-corrected chi connectivity index (χ0v) is 18.4. The van der Waals surface area contributed by atoms with Crippen molar-refractivity contribution in [2.24, 2.45) is 17.8 Å². The Hall–Kier alpha value is -1.89. The van der Waals surface area contributed by atoms with Crippen molar-refractivity contribution < 1.29 is 19.1 Å². The van der Waals surface area contributed by atoms with Crippen LogP contribution in [0.15, 0.2) is 17.5 Å². The molecule has 2 fully saturated rings. The minimum atomic E-state index is -0.794. The van der Waals surface area contributed by atoms with Crippen molar-refractivity contribution in [1.82, 2.24) is 10.2 Å². The zero-order valence-electron chi connectivity index (χ0n) is 17.6. The summed E-state index contributed by atoms with van der Waals surface area (Å²) < 4.78 is 5.47. The lowest BCUT2D eigenvalue weighted by molar-refractivity contribution is -0.160. The number of rotatable bonds is 5. The van der Waals surface area contributed by atoms with Gasteiger partial charge in [0.25, 0.3) is 11.8 Å². The van der Waals surface area contributed by atoms with Crippen LogP contribution in [0.25, 0.3) is 0 Å². The molecule has 0 radical (unpaired) electrons. The number of likely N-dealkylation sites (tertiary alicyclic amines) is 1. The normalized spacial score (nSPS) is 26.6. The van der Waals surface area contributed by atoms with E-state index < -0.39 is 6.10 Å². The van der Waals surface area contributed by atoms with Gasteiger partial charge in [-0.3, -0.25) is 14.4 Å². The molecule has 4 atom stereocenters. The fourth-order valence-electron chi connectivity index (χ4n) is 4.28. The van der Waals surface area contributed by atoms with Gasteiger partial charge in [0.2, 0.25) is 0 Å². The molecule has 1 aromatic heterocycles. The SMILES string of the molecule is C[C@@H]1[C@H](C)CCC[C@H]1NC(=O)[C@@H](C)OC(=O)C1CCN(C(=O)c2cccs2)CC1. The molecule has 160 valence electrons. The third kappa shape index (κ3) is 5.38. The van der Waals surface area contributed by atoms with Gasteiger partial charge in [-0.2, -0.15) is 0 Å². The number of esters is 1. The molecule has 2 heterocycles. The number of amides is 2. The average molecular weight is 421 g/mol. The maximum Gasteiger partial charge on any atom is 0.309 e. The molecule has 0 aromatic carbocycles. The van der Waals surface area contributed by atoms with Crippen LogP contribution in [0.5, 0.6) is 0 Å². The maximum atomic E-state index is 12.5. The van der Waals surface area contributed by atoms with E-state index >= 15 is 0 Å². The second kappa shape index (κ2) is 9.74. The molecule has 7 heteroatoms. The molecule has 6 nitrogen and oxygen atoms in total. The van der Waals surface area contributed by atoms with E-state index in [1.54, 1.807) is 11.8 Å². The van der Waals surface area contributed by atoms with E-state index in [1.165, 1.54) is 17.8 Å². The predicted molar refractivity (Wildman–Crippen MR) is 113 cm³/mol. The monoisotopic (exact) mass is 420 g/mol. The largest absolute Gasteiger partial charge is 0.452 e. The molecule has 1 saturated heterocycles. The highest BCUT2D eigenvalue weighted by Crippen LogP contribution is 2.29. The summed E-state index contributed by atoms with van der Waals surface area (Å²) in [5, 5.41) is 4.96. The fourth-order valence-corrected chi connectivity index (χ4v) is 4.97. The van der Waals surface area contributed by atoms with Crippen molar-refractivity contribution in [2.45, 2.75) is 65.0 Å². The summed E-state index contributed by atoms with van der Waals surface area (Å²) >= 11 is 1.43. The lowest BCUT2D eigenvalue weighted by atomic mass is 9.78. The quantitative estimate of drug-likeness (QED) is 0.740. The molecule has 1 saturated carbocycles. The van der Waals surface area contributed by atoms with Gasteiger partial charge in [0.15, 0.2) is 6.10 Å². The lowest BCUT2D eigenvalue weighted by Crippen LogP contribution is -2.48. The third-order valence-electron chi connectivity index (χ3n) is 6.54. The zero-order chi connectivity index (χ0) is 21.0. The highest BCUT2D eigenvalue weighted by atomic mass is 32.1. The molecule has 0 bridgehead atoms. The van der Waals surface area contributed by atoms with Crippen molar-refractivity contribution in [2.75, 3.05) is 13.1 Å². The van der Waals surface area contributed by atoms with Crippen LogP contribution < -0.4 is 5.32 Å². The second-order valence-corrected chi connectivity index (χ2v) is 9.45. The number of hydrogen-bond acceptors (Lipinski definition) is 5. The van der Waals surface area contributed by atoms with E-state index in [0.717, 1.165) is 17.7 Å². The highest BCUT2D eigenvalue weighted by molar-refractivity contribution is 7.12. The molecule has 1 aromatic rings.